The fourth-order valence-electron chi connectivity index (χ4n) is 2.86. The summed E-state index contributed by atoms with van der Waals surface area (Å²) in [5.74, 6) is -0.848. The van der Waals surface area contributed by atoms with Gasteiger partial charge in [-0.3, -0.25) is 4.79 Å². The number of esters is 1. The lowest BCUT2D eigenvalue weighted by molar-refractivity contribution is 0.0471. The molecule has 0 saturated carbocycles. The van der Waals surface area contributed by atoms with Crippen molar-refractivity contribution >= 4 is 22.5 Å². The summed E-state index contributed by atoms with van der Waals surface area (Å²) < 4.78 is 15.4. The van der Waals surface area contributed by atoms with Gasteiger partial charge in [-0.05, 0) is 24.3 Å². The van der Waals surface area contributed by atoms with Crippen molar-refractivity contribution in [2.75, 3.05) is 13.4 Å². The Morgan fingerprint density at radius 1 is 0.963 bits per heavy atom. The van der Waals surface area contributed by atoms with Crippen LogP contribution in [0.2, 0.25) is 0 Å². The fourth-order valence-corrected chi connectivity index (χ4v) is 2.86. The molecular formula is C20H14O7. The number of phenolic OH excluding ortho intramolecular Hbond substituents is 2. The number of carbonyl (C=O) groups is 2. The molecule has 0 unspecified atom stereocenters. The number of benzene rings is 3. The first-order valence-corrected chi connectivity index (χ1v) is 8.08. The van der Waals surface area contributed by atoms with Crippen LogP contribution in [-0.2, 0) is 4.74 Å². The summed E-state index contributed by atoms with van der Waals surface area (Å²) in [7, 11) is 0. The number of hydrogen-bond acceptors (Lipinski definition) is 7. The predicted molar refractivity (Wildman–Crippen MR) is 94.5 cm³/mol. The highest BCUT2D eigenvalue weighted by atomic mass is 16.7. The Bertz CT molecular complexity index is 1070. The number of carbonyl (C=O) groups excluding carboxylic acids is 2. The van der Waals surface area contributed by atoms with E-state index in [1.54, 1.807) is 36.4 Å². The second kappa shape index (κ2) is 6.53. The van der Waals surface area contributed by atoms with Gasteiger partial charge in [-0.15, -0.1) is 0 Å². The number of hydrogen-bond donors (Lipinski definition) is 2. The van der Waals surface area contributed by atoms with E-state index in [9.17, 15) is 19.8 Å². The highest BCUT2D eigenvalue weighted by molar-refractivity contribution is 6.05. The van der Waals surface area contributed by atoms with Crippen LogP contribution in [0.4, 0.5) is 0 Å². The standard InChI is InChI=1S/C20H14O7/c21-15-8-14(19(23)13-4-2-1-3-12(13)15)20(24)25-9-16(22)11-5-6-17-18(7-11)27-10-26-17/h1-8,21,23H,9-10H2. The first kappa shape index (κ1) is 16.7. The number of ketones is 1. The van der Waals surface area contributed by atoms with Crippen LogP contribution in [0.3, 0.4) is 0 Å². The summed E-state index contributed by atoms with van der Waals surface area (Å²) in [6.07, 6.45) is 0. The molecule has 7 nitrogen and oxygen atoms in total. The van der Waals surface area contributed by atoms with Crippen molar-refractivity contribution in [1.29, 1.82) is 0 Å². The van der Waals surface area contributed by atoms with E-state index in [0.29, 0.717) is 27.8 Å². The van der Waals surface area contributed by atoms with Crippen LogP contribution in [-0.4, -0.2) is 35.4 Å². The summed E-state index contributed by atoms with van der Waals surface area (Å²) in [6.45, 7) is -0.432. The van der Waals surface area contributed by atoms with Crippen molar-refractivity contribution in [2.45, 2.75) is 0 Å². The smallest absolute Gasteiger partial charge is 0.342 e. The third-order valence-corrected chi connectivity index (χ3v) is 4.24. The molecule has 0 atom stereocenters. The van der Waals surface area contributed by atoms with E-state index in [2.05, 4.69) is 0 Å². The Morgan fingerprint density at radius 2 is 1.70 bits per heavy atom. The summed E-state index contributed by atoms with van der Waals surface area (Å²) in [4.78, 5) is 24.6. The molecule has 0 radical (unpaired) electrons. The van der Waals surface area contributed by atoms with Crippen LogP contribution in [0.5, 0.6) is 23.0 Å². The van der Waals surface area contributed by atoms with Gasteiger partial charge in [-0.2, -0.15) is 0 Å². The molecule has 4 rings (SSSR count). The molecular weight excluding hydrogens is 352 g/mol. The molecule has 27 heavy (non-hydrogen) atoms. The van der Waals surface area contributed by atoms with Crippen LogP contribution in [0.25, 0.3) is 10.8 Å². The largest absolute Gasteiger partial charge is 0.507 e. The molecule has 7 heteroatoms. The van der Waals surface area contributed by atoms with Crippen LogP contribution in [0, 0.1) is 0 Å². The van der Waals surface area contributed by atoms with Gasteiger partial charge in [0.25, 0.3) is 0 Å². The Balaban J connectivity index is 1.52. The minimum Gasteiger partial charge on any atom is -0.507 e. The van der Waals surface area contributed by atoms with Gasteiger partial charge in [0.1, 0.15) is 17.1 Å². The molecule has 3 aromatic rings. The zero-order chi connectivity index (χ0) is 19.0. The zero-order valence-electron chi connectivity index (χ0n) is 14.0. The average Bonchev–Trinajstić information content (AvgIpc) is 3.16. The summed E-state index contributed by atoms with van der Waals surface area (Å²) in [5.41, 5.74) is 0.0855. The van der Waals surface area contributed by atoms with E-state index < -0.39 is 18.4 Å². The van der Waals surface area contributed by atoms with Crippen molar-refractivity contribution in [2.24, 2.45) is 0 Å². The molecule has 0 fully saturated rings. The molecule has 0 spiro atoms. The second-order valence-corrected chi connectivity index (χ2v) is 5.90. The van der Waals surface area contributed by atoms with Gasteiger partial charge in [0.05, 0.1) is 0 Å². The summed E-state index contributed by atoms with van der Waals surface area (Å²) >= 11 is 0. The normalized spacial score (nSPS) is 12.1. The zero-order valence-corrected chi connectivity index (χ0v) is 14.0. The first-order valence-electron chi connectivity index (χ1n) is 8.08. The highest BCUT2D eigenvalue weighted by Crippen LogP contribution is 2.36. The van der Waals surface area contributed by atoms with E-state index in [0.717, 1.165) is 6.07 Å². The lowest BCUT2D eigenvalue weighted by atomic mass is 10.0. The number of ether oxygens (including phenoxy) is 3. The Hall–Kier alpha value is -3.74. The number of aromatic hydroxyl groups is 2. The third kappa shape index (κ3) is 2.99. The molecule has 0 bridgehead atoms. The van der Waals surface area contributed by atoms with E-state index in [-0.39, 0.29) is 23.9 Å². The molecule has 0 aliphatic carbocycles. The van der Waals surface area contributed by atoms with Crippen molar-refractivity contribution in [3.05, 3.63) is 59.7 Å². The maximum absolute atomic E-state index is 12.3. The molecule has 1 aliphatic rings. The topological polar surface area (TPSA) is 102 Å². The fraction of sp³-hybridized carbons (Fsp3) is 0.100. The first-order chi connectivity index (χ1) is 13.0. The second-order valence-electron chi connectivity index (χ2n) is 5.90. The summed E-state index contributed by atoms with van der Waals surface area (Å²) in [6, 6.07) is 12.3. The number of phenols is 2. The van der Waals surface area contributed by atoms with E-state index in [1.807, 2.05) is 0 Å². The van der Waals surface area contributed by atoms with Crippen molar-refractivity contribution in [3.8, 4) is 23.0 Å². The van der Waals surface area contributed by atoms with Crippen LogP contribution in [0.15, 0.2) is 48.5 Å². The lowest BCUT2D eigenvalue weighted by Gasteiger charge is -2.10. The van der Waals surface area contributed by atoms with Crippen molar-refractivity contribution < 1.29 is 34.0 Å². The number of rotatable bonds is 4. The van der Waals surface area contributed by atoms with Crippen LogP contribution < -0.4 is 9.47 Å². The molecule has 0 saturated heterocycles. The summed E-state index contributed by atoms with van der Waals surface area (Å²) in [5, 5.41) is 21.1. The third-order valence-electron chi connectivity index (χ3n) is 4.24. The van der Waals surface area contributed by atoms with Crippen molar-refractivity contribution in [3.63, 3.8) is 0 Å². The quantitative estimate of drug-likeness (QED) is 0.416. The highest BCUT2D eigenvalue weighted by Gasteiger charge is 2.21. The molecule has 0 amide bonds. The maximum atomic E-state index is 12.3. The van der Waals surface area contributed by atoms with Gasteiger partial charge < -0.3 is 24.4 Å². The van der Waals surface area contributed by atoms with Crippen molar-refractivity contribution in [1.82, 2.24) is 0 Å². The Labute approximate surface area is 153 Å². The number of fused-ring (bicyclic) bond motifs is 2. The lowest BCUT2D eigenvalue weighted by Crippen LogP contribution is -2.14. The van der Waals surface area contributed by atoms with E-state index in [1.165, 1.54) is 6.07 Å². The van der Waals surface area contributed by atoms with Gasteiger partial charge in [-0.1, -0.05) is 24.3 Å². The van der Waals surface area contributed by atoms with E-state index in [4.69, 9.17) is 14.2 Å². The molecule has 136 valence electrons. The van der Waals surface area contributed by atoms with Gasteiger partial charge in [0.2, 0.25) is 6.79 Å². The molecule has 3 aromatic carbocycles. The SMILES string of the molecule is O=C(COC(=O)c1cc(O)c2ccccc2c1O)c1ccc2c(c1)OCO2. The Kier molecular flexibility index (Phi) is 4.04. The maximum Gasteiger partial charge on any atom is 0.342 e. The predicted octanol–water partition coefficient (Wildman–Crippen LogP) is 3.02. The van der Waals surface area contributed by atoms with Gasteiger partial charge in [0.15, 0.2) is 23.9 Å². The monoisotopic (exact) mass is 366 g/mol. The van der Waals surface area contributed by atoms with E-state index >= 15 is 0 Å². The van der Waals surface area contributed by atoms with Crippen LogP contribution in [0.1, 0.15) is 20.7 Å². The molecule has 0 aromatic heterocycles. The molecule has 1 heterocycles. The number of Topliss-reactive ketones (excluding diaryl/α,β-unsaturated/α-hetero) is 1. The Morgan fingerprint density at radius 3 is 2.52 bits per heavy atom. The van der Waals surface area contributed by atoms with Crippen LogP contribution >= 0.6 is 0 Å². The molecule has 1 aliphatic heterocycles. The molecule has 2 N–H and O–H groups in total. The minimum atomic E-state index is -0.914. The van der Waals surface area contributed by atoms with Gasteiger partial charge in [-0.25, -0.2) is 4.79 Å². The minimum absolute atomic E-state index is 0.0900. The van der Waals surface area contributed by atoms with Gasteiger partial charge in [0, 0.05) is 16.3 Å². The van der Waals surface area contributed by atoms with Gasteiger partial charge >= 0.3 is 5.97 Å². The average molecular weight is 366 g/mol.